The van der Waals surface area contributed by atoms with E-state index in [-0.39, 0.29) is 35.2 Å². The van der Waals surface area contributed by atoms with E-state index in [4.69, 9.17) is 4.18 Å². The van der Waals surface area contributed by atoms with Gasteiger partial charge in [-0.3, -0.25) is 13.9 Å². The molecule has 39 heavy (non-hydrogen) atoms. The first-order valence-corrected chi connectivity index (χ1v) is 14.6. The minimum Gasteiger partial charge on any atom is -0.300 e. The van der Waals surface area contributed by atoms with Crippen molar-refractivity contribution in [2.24, 2.45) is 0 Å². The molecule has 1 saturated heterocycles. The number of likely N-dealkylation sites (tertiary alicyclic amines) is 1. The Balaban J connectivity index is 0.00000353. The molecule has 0 unspecified atom stereocenters. The van der Waals surface area contributed by atoms with Gasteiger partial charge in [-0.05, 0) is 43.3 Å². The van der Waals surface area contributed by atoms with Crippen LogP contribution in [0, 0.1) is 0 Å². The maximum Gasteiger partial charge on any atom is 0.298 e. The molecule has 1 fully saturated rings. The Bertz CT molecular complexity index is 1490. The summed E-state index contributed by atoms with van der Waals surface area (Å²) in [6, 6.07) is 31.9. The molecule has 0 aromatic heterocycles. The summed E-state index contributed by atoms with van der Waals surface area (Å²) in [7, 11) is -1.99. The number of carbonyl (C=O) groups excluding carboxylic acids is 1. The molecule has 3 atom stereocenters. The minimum atomic E-state index is -4.04. The van der Waals surface area contributed by atoms with Gasteiger partial charge in [0.25, 0.3) is 10.1 Å². The highest BCUT2D eigenvalue weighted by atomic mass is 35.5. The average molecular weight is 564 g/mol. The van der Waals surface area contributed by atoms with Crippen LogP contribution in [0.3, 0.4) is 0 Å². The quantitative estimate of drug-likeness (QED) is 0.159. The molecule has 5 rings (SSSR count). The van der Waals surface area contributed by atoms with Crippen LogP contribution >= 0.6 is 12.4 Å². The Labute approximate surface area is 237 Å². The Morgan fingerprint density at radius 3 is 2.21 bits per heavy atom. The molecule has 7 heteroatoms. The number of hydrogen-bond donors (Lipinski definition) is 0. The first-order chi connectivity index (χ1) is 18.4. The van der Waals surface area contributed by atoms with Crippen LogP contribution in [0.25, 0.3) is 10.8 Å². The number of rotatable bonds is 9. The second kappa shape index (κ2) is 12.9. The predicted octanol–water partition coefficient (Wildman–Crippen LogP) is 7.22. The molecular weight excluding hydrogens is 530 g/mol. The summed E-state index contributed by atoms with van der Waals surface area (Å²) in [5.74, 6) is 0.137. The SMILES string of the molecule is CN1[C@@H](CC(=O)c2ccccc2)CCC[C@H]1C[C@H](OS(=O)(=O)c1cccc2ccccc12)c1ccccc1.Cl. The number of hydrogen-bond acceptors (Lipinski definition) is 5. The lowest BCUT2D eigenvalue weighted by molar-refractivity contribution is 0.0626. The number of halogens is 1. The van der Waals surface area contributed by atoms with E-state index in [1.165, 1.54) is 0 Å². The molecule has 204 valence electrons. The molecule has 0 aliphatic carbocycles. The number of ketones is 1. The summed E-state index contributed by atoms with van der Waals surface area (Å²) < 4.78 is 33.3. The van der Waals surface area contributed by atoms with Gasteiger partial charge in [0, 0.05) is 29.5 Å². The third kappa shape index (κ3) is 6.76. The zero-order valence-corrected chi connectivity index (χ0v) is 23.6. The highest BCUT2D eigenvalue weighted by Gasteiger charge is 2.33. The van der Waals surface area contributed by atoms with Crippen molar-refractivity contribution in [3.63, 3.8) is 0 Å². The summed E-state index contributed by atoms with van der Waals surface area (Å²) in [6.07, 6.45) is 3.17. The Morgan fingerprint density at radius 2 is 1.46 bits per heavy atom. The maximum absolute atomic E-state index is 13.6. The number of Topliss-reactive ketones (excluding diaryl/α,β-unsaturated/α-hetero) is 1. The Kier molecular flexibility index (Phi) is 9.57. The van der Waals surface area contributed by atoms with Gasteiger partial charge in [0.2, 0.25) is 0 Å². The molecule has 0 spiro atoms. The van der Waals surface area contributed by atoms with E-state index in [0.29, 0.717) is 18.2 Å². The van der Waals surface area contributed by atoms with Crippen LogP contribution in [0.5, 0.6) is 0 Å². The number of carbonyl (C=O) groups is 1. The van der Waals surface area contributed by atoms with E-state index in [0.717, 1.165) is 35.8 Å². The predicted molar refractivity (Wildman–Crippen MR) is 158 cm³/mol. The summed E-state index contributed by atoms with van der Waals surface area (Å²) in [5, 5.41) is 1.50. The fourth-order valence-corrected chi connectivity index (χ4v) is 6.84. The fourth-order valence-electron chi connectivity index (χ4n) is 5.54. The largest absolute Gasteiger partial charge is 0.300 e. The molecule has 0 bridgehead atoms. The number of piperidine rings is 1. The van der Waals surface area contributed by atoms with E-state index >= 15 is 0 Å². The lowest BCUT2D eigenvalue weighted by Crippen LogP contribution is -2.45. The van der Waals surface area contributed by atoms with E-state index < -0.39 is 16.2 Å². The van der Waals surface area contributed by atoms with Crippen LogP contribution in [0.2, 0.25) is 0 Å². The molecule has 4 aromatic carbocycles. The lowest BCUT2D eigenvalue weighted by atomic mass is 9.88. The van der Waals surface area contributed by atoms with Gasteiger partial charge in [-0.2, -0.15) is 8.42 Å². The highest BCUT2D eigenvalue weighted by molar-refractivity contribution is 7.87. The van der Waals surface area contributed by atoms with Crippen LogP contribution in [-0.4, -0.2) is 38.2 Å². The van der Waals surface area contributed by atoms with Crippen molar-refractivity contribution in [1.82, 2.24) is 4.90 Å². The molecule has 0 amide bonds. The standard InChI is InChI=1S/C32H33NO4S.ClH/c1-33-27(22-30(34)25-13-4-2-5-14-25)18-11-19-28(33)23-31(26-15-6-3-7-16-26)37-38(35,36)32-21-10-17-24-12-8-9-20-29(24)32;/h2-10,12-17,20-21,27-28,31H,11,18-19,22-23H2,1H3;1H/t27-,28+,31+;/m1./s1. The topological polar surface area (TPSA) is 63.7 Å². The average Bonchev–Trinajstić information content (AvgIpc) is 2.95. The fraction of sp³-hybridized carbons (Fsp3) is 0.281. The number of benzene rings is 4. The smallest absolute Gasteiger partial charge is 0.298 e. The van der Waals surface area contributed by atoms with E-state index in [1.54, 1.807) is 12.1 Å². The molecule has 0 N–H and O–H groups in total. The van der Waals surface area contributed by atoms with Crippen molar-refractivity contribution < 1.29 is 17.4 Å². The number of nitrogens with zero attached hydrogens (tertiary/aromatic N) is 1. The first kappa shape index (κ1) is 29.0. The van der Waals surface area contributed by atoms with Gasteiger partial charge in [0.05, 0.1) is 0 Å². The first-order valence-electron chi connectivity index (χ1n) is 13.2. The van der Waals surface area contributed by atoms with E-state index in [2.05, 4.69) is 4.90 Å². The molecule has 5 nitrogen and oxygen atoms in total. The van der Waals surface area contributed by atoms with Gasteiger partial charge in [-0.1, -0.05) is 103 Å². The highest BCUT2D eigenvalue weighted by Crippen LogP contribution is 2.35. The molecular formula is C32H34ClNO4S. The summed E-state index contributed by atoms with van der Waals surface area (Å²) in [4.78, 5) is 15.4. The maximum atomic E-state index is 13.6. The van der Waals surface area contributed by atoms with Crippen LogP contribution < -0.4 is 0 Å². The van der Waals surface area contributed by atoms with E-state index in [9.17, 15) is 13.2 Å². The normalized spacial score (nSPS) is 18.8. The second-order valence-corrected chi connectivity index (χ2v) is 11.6. The lowest BCUT2D eigenvalue weighted by Gasteiger charge is -2.40. The summed E-state index contributed by atoms with van der Waals surface area (Å²) >= 11 is 0. The van der Waals surface area contributed by atoms with Gasteiger partial charge in [-0.15, -0.1) is 12.4 Å². The zero-order valence-electron chi connectivity index (χ0n) is 22.0. The molecule has 1 aliphatic rings. The second-order valence-electron chi connectivity index (χ2n) is 10.1. The Hall–Kier alpha value is -3.03. The minimum absolute atomic E-state index is 0. The molecule has 1 aliphatic heterocycles. The van der Waals surface area contributed by atoms with Gasteiger partial charge < -0.3 is 0 Å². The molecule has 1 heterocycles. The van der Waals surface area contributed by atoms with Crippen molar-refractivity contribution in [2.75, 3.05) is 7.05 Å². The number of fused-ring (bicyclic) bond motifs is 1. The zero-order chi connectivity index (χ0) is 26.5. The van der Waals surface area contributed by atoms with E-state index in [1.807, 2.05) is 98.0 Å². The summed E-state index contributed by atoms with van der Waals surface area (Å²) in [5.41, 5.74) is 1.56. The third-order valence-corrected chi connectivity index (χ3v) is 9.04. The molecule has 0 saturated carbocycles. The van der Waals surface area contributed by atoms with Crippen molar-refractivity contribution in [3.05, 3.63) is 114 Å². The van der Waals surface area contributed by atoms with Crippen LogP contribution in [-0.2, 0) is 14.3 Å². The van der Waals surface area contributed by atoms with Gasteiger partial charge in [-0.25, -0.2) is 0 Å². The van der Waals surface area contributed by atoms with Crippen LogP contribution in [0.4, 0.5) is 0 Å². The van der Waals surface area contributed by atoms with Gasteiger partial charge >= 0.3 is 0 Å². The van der Waals surface area contributed by atoms with Gasteiger partial charge in [0.1, 0.15) is 11.0 Å². The summed E-state index contributed by atoms with van der Waals surface area (Å²) in [6.45, 7) is 0. The van der Waals surface area contributed by atoms with Crippen LogP contribution in [0.1, 0.15) is 54.1 Å². The van der Waals surface area contributed by atoms with Gasteiger partial charge in [0.15, 0.2) is 5.78 Å². The Morgan fingerprint density at radius 1 is 0.846 bits per heavy atom. The van der Waals surface area contributed by atoms with Crippen LogP contribution in [0.15, 0.2) is 108 Å². The van der Waals surface area contributed by atoms with Crippen molar-refractivity contribution in [1.29, 1.82) is 0 Å². The molecule has 0 radical (unpaired) electrons. The third-order valence-electron chi connectivity index (χ3n) is 7.66. The van der Waals surface area contributed by atoms with Crippen molar-refractivity contribution in [3.8, 4) is 0 Å². The van der Waals surface area contributed by atoms with Crippen molar-refractivity contribution in [2.45, 2.75) is 55.2 Å². The van der Waals surface area contributed by atoms with Crippen molar-refractivity contribution >= 4 is 39.1 Å². The molecule has 4 aromatic rings. The monoisotopic (exact) mass is 563 g/mol.